The molecule has 3 nitrogen and oxygen atoms in total. The molecule has 0 aliphatic rings. The lowest BCUT2D eigenvalue weighted by atomic mass is 10.5. The molecule has 0 atom stereocenters. The number of hydrogen-bond acceptors (Lipinski definition) is 2. The van der Waals surface area contributed by atoms with Crippen LogP contribution in [0.15, 0.2) is 4.60 Å². The molecule has 1 heterocycles. The summed E-state index contributed by atoms with van der Waals surface area (Å²) in [5, 5.41) is 0. The fraction of sp³-hybridized carbons (Fsp3) is 0.500. The third-order valence-electron chi connectivity index (χ3n) is 1.58. The predicted molar refractivity (Wildman–Crippen MR) is 43.5 cm³/mol. The topological polar surface area (TPSA) is 43.8 Å². The first-order valence-corrected chi connectivity index (χ1v) is 3.84. The van der Waals surface area contributed by atoms with Gasteiger partial charge in [-0.1, -0.05) is 0 Å². The number of aryl methyl sites for hydroxylation is 1. The van der Waals surface area contributed by atoms with Crippen molar-refractivity contribution in [1.29, 1.82) is 0 Å². The normalized spacial score (nSPS) is 10.4. The molecular weight excluding hydrogens is 194 g/mol. The molecule has 1 aromatic heterocycles. The Bertz CT molecular complexity index is 241. The molecule has 56 valence electrons. The van der Waals surface area contributed by atoms with E-state index in [1.807, 2.05) is 18.5 Å². The zero-order valence-electron chi connectivity index (χ0n) is 6.06. The molecule has 0 saturated carbocycles. The van der Waals surface area contributed by atoms with Crippen LogP contribution < -0.4 is 5.73 Å². The fourth-order valence-electron chi connectivity index (χ4n) is 0.836. The summed E-state index contributed by atoms with van der Waals surface area (Å²) < 4.78 is 2.83. The lowest BCUT2D eigenvalue weighted by Crippen LogP contribution is -2.04. The Morgan fingerprint density at radius 2 is 2.30 bits per heavy atom. The summed E-state index contributed by atoms with van der Waals surface area (Å²) in [6, 6.07) is 0. The first kappa shape index (κ1) is 7.75. The van der Waals surface area contributed by atoms with Gasteiger partial charge in [-0.15, -0.1) is 0 Å². The van der Waals surface area contributed by atoms with E-state index in [-0.39, 0.29) is 0 Å². The van der Waals surface area contributed by atoms with Gasteiger partial charge < -0.3 is 10.3 Å². The minimum atomic E-state index is 0.526. The Balaban J connectivity index is 3.20. The highest BCUT2D eigenvalue weighted by molar-refractivity contribution is 9.10. The minimum Gasteiger partial charge on any atom is -0.333 e. The van der Waals surface area contributed by atoms with Crippen LogP contribution in [0.25, 0.3) is 0 Å². The molecule has 1 aromatic rings. The first-order valence-electron chi connectivity index (χ1n) is 3.04. The molecule has 10 heavy (non-hydrogen) atoms. The maximum absolute atomic E-state index is 5.47. The van der Waals surface area contributed by atoms with Crippen LogP contribution in [-0.4, -0.2) is 9.55 Å². The van der Waals surface area contributed by atoms with Crippen molar-refractivity contribution in [2.45, 2.75) is 13.5 Å². The second-order valence-electron chi connectivity index (χ2n) is 2.16. The Labute approximate surface area is 68.4 Å². The zero-order valence-corrected chi connectivity index (χ0v) is 7.64. The summed E-state index contributed by atoms with van der Waals surface area (Å²) in [5.74, 6) is 0.979. The number of aromatic nitrogens is 2. The quantitative estimate of drug-likeness (QED) is 0.740. The van der Waals surface area contributed by atoms with E-state index in [2.05, 4.69) is 20.9 Å². The van der Waals surface area contributed by atoms with Gasteiger partial charge in [0.25, 0.3) is 0 Å². The number of rotatable bonds is 1. The van der Waals surface area contributed by atoms with Gasteiger partial charge in [-0.2, -0.15) is 0 Å². The molecule has 0 radical (unpaired) electrons. The van der Waals surface area contributed by atoms with Crippen molar-refractivity contribution in [2.75, 3.05) is 0 Å². The standard InChI is InChI=1S/C6H10BrN3/c1-4-9-6(7)5(3-8)10(4)2/h3,8H2,1-2H3. The Morgan fingerprint density at radius 3 is 2.50 bits per heavy atom. The molecule has 0 saturated heterocycles. The summed E-state index contributed by atoms with van der Waals surface area (Å²) in [5.41, 5.74) is 6.51. The van der Waals surface area contributed by atoms with Crippen molar-refractivity contribution < 1.29 is 0 Å². The lowest BCUT2D eigenvalue weighted by Gasteiger charge is -1.98. The summed E-state index contributed by atoms with van der Waals surface area (Å²) in [6.45, 7) is 2.47. The summed E-state index contributed by atoms with van der Waals surface area (Å²) in [7, 11) is 1.95. The second kappa shape index (κ2) is 2.72. The van der Waals surface area contributed by atoms with Gasteiger partial charge in [0, 0.05) is 13.6 Å². The lowest BCUT2D eigenvalue weighted by molar-refractivity contribution is 0.787. The largest absolute Gasteiger partial charge is 0.333 e. The van der Waals surface area contributed by atoms with Crippen LogP contribution in [0.3, 0.4) is 0 Å². The van der Waals surface area contributed by atoms with Gasteiger partial charge in [-0.25, -0.2) is 4.98 Å². The second-order valence-corrected chi connectivity index (χ2v) is 2.91. The van der Waals surface area contributed by atoms with Crippen molar-refractivity contribution in [2.24, 2.45) is 12.8 Å². The van der Waals surface area contributed by atoms with Crippen LogP contribution in [0.4, 0.5) is 0 Å². The van der Waals surface area contributed by atoms with Crippen LogP contribution >= 0.6 is 15.9 Å². The highest BCUT2D eigenvalue weighted by Gasteiger charge is 2.06. The van der Waals surface area contributed by atoms with Crippen molar-refractivity contribution in [3.05, 3.63) is 16.1 Å². The molecule has 0 bridgehead atoms. The van der Waals surface area contributed by atoms with E-state index in [0.717, 1.165) is 16.1 Å². The predicted octanol–water partition coefficient (Wildman–Crippen LogP) is 0.950. The number of nitrogens with two attached hydrogens (primary N) is 1. The number of hydrogen-bond donors (Lipinski definition) is 1. The van der Waals surface area contributed by atoms with Crippen LogP contribution in [0, 0.1) is 6.92 Å². The van der Waals surface area contributed by atoms with Crippen LogP contribution in [0.2, 0.25) is 0 Å². The molecule has 0 aliphatic heterocycles. The van der Waals surface area contributed by atoms with Gasteiger partial charge in [-0.05, 0) is 22.9 Å². The van der Waals surface area contributed by atoms with Crippen molar-refractivity contribution in [1.82, 2.24) is 9.55 Å². The summed E-state index contributed by atoms with van der Waals surface area (Å²) in [4.78, 5) is 4.18. The van der Waals surface area contributed by atoms with Gasteiger partial charge >= 0.3 is 0 Å². The van der Waals surface area contributed by atoms with E-state index in [0.29, 0.717) is 6.54 Å². The average molecular weight is 204 g/mol. The monoisotopic (exact) mass is 203 g/mol. The molecule has 1 rings (SSSR count). The highest BCUT2D eigenvalue weighted by atomic mass is 79.9. The van der Waals surface area contributed by atoms with Gasteiger partial charge in [0.1, 0.15) is 10.4 Å². The summed E-state index contributed by atoms with van der Waals surface area (Å²) >= 11 is 3.32. The van der Waals surface area contributed by atoms with E-state index >= 15 is 0 Å². The smallest absolute Gasteiger partial charge is 0.128 e. The van der Waals surface area contributed by atoms with Crippen molar-refractivity contribution in [3.8, 4) is 0 Å². The van der Waals surface area contributed by atoms with Gasteiger partial charge in [0.05, 0.1) is 5.69 Å². The van der Waals surface area contributed by atoms with Crippen molar-refractivity contribution in [3.63, 3.8) is 0 Å². The third kappa shape index (κ3) is 1.09. The van der Waals surface area contributed by atoms with Crippen LogP contribution in [0.1, 0.15) is 11.5 Å². The maximum atomic E-state index is 5.47. The third-order valence-corrected chi connectivity index (χ3v) is 2.22. The molecule has 0 aromatic carbocycles. The molecule has 2 N–H and O–H groups in total. The number of imidazole rings is 1. The highest BCUT2D eigenvalue weighted by Crippen LogP contribution is 2.14. The molecule has 0 unspecified atom stereocenters. The average Bonchev–Trinajstić information content (AvgIpc) is 2.09. The van der Waals surface area contributed by atoms with Gasteiger partial charge in [0.15, 0.2) is 0 Å². The van der Waals surface area contributed by atoms with Crippen LogP contribution in [-0.2, 0) is 13.6 Å². The molecule has 0 amide bonds. The first-order chi connectivity index (χ1) is 4.66. The Hall–Kier alpha value is -0.350. The minimum absolute atomic E-state index is 0.526. The van der Waals surface area contributed by atoms with E-state index in [1.165, 1.54) is 0 Å². The van der Waals surface area contributed by atoms with Gasteiger partial charge in [-0.3, -0.25) is 0 Å². The van der Waals surface area contributed by atoms with Crippen LogP contribution in [0.5, 0.6) is 0 Å². The van der Waals surface area contributed by atoms with Gasteiger partial charge in [0.2, 0.25) is 0 Å². The van der Waals surface area contributed by atoms with E-state index in [1.54, 1.807) is 0 Å². The summed E-state index contributed by atoms with van der Waals surface area (Å²) in [6.07, 6.45) is 0. The molecular formula is C6H10BrN3. The number of nitrogens with zero attached hydrogens (tertiary/aromatic N) is 2. The Morgan fingerprint density at radius 1 is 1.70 bits per heavy atom. The molecule has 4 heteroatoms. The fourth-order valence-corrected chi connectivity index (χ4v) is 1.52. The number of halogens is 1. The molecule has 0 aliphatic carbocycles. The van der Waals surface area contributed by atoms with E-state index < -0.39 is 0 Å². The van der Waals surface area contributed by atoms with E-state index in [9.17, 15) is 0 Å². The molecule has 0 fully saturated rings. The molecule has 0 spiro atoms. The SMILES string of the molecule is Cc1nc(Br)c(CN)n1C. The maximum Gasteiger partial charge on any atom is 0.128 e. The van der Waals surface area contributed by atoms with E-state index in [4.69, 9.17) is 5.73 Å². The Kier molecular flexibility index (Phi) is 2.11. The van der Waals surface area contributed by atoms with Crippen molar-refractivity contribution >= 4 is 15.9 Å². The zero-order chi connectivity index (χ0) is 7.72.